The Kier molecular flexibility index (Phi) is 4.71. The van der Waals surface area contributed by atoms with Crippen molar-refractivity contribution in [3.05, 3.63) is 24.3 Å². The van der Waals surface area contributed by atoms with E-state index < -0.39 is 0 Å². The molecule has 0 aromatic heterocycles. The number of methoxy groups -OCH3 is 1. The van der Waals surface area contributed by atoms with Gasteiger partial charge in [-0.2, -0.15) is 0 Å². The van der Waals surface area contributed by atoms with Crippen LogP contribution in [0.5, 0.6) is 5.75 Å². The van der Waals surface area contributed by atoms with Crippen LogP contribution in [0.4, 0.5) is 10.5 Å². The predicted molar refractivity (Wildman–Crippen MR) is 87.5 cm³/mol. The normalized spacial score (nSPS) is 21.2. The zero-order valence-corrected chi connectivity index (χ0v) is 13.3. The first-order valence-electron chi connectivity index (χ1n) is 8.18. The molecule has 2 aliphatic rings. The summed E-state index contributed by atoms with van der Waals surface area (Å²) >= 11 is 0. The van der Waals surface area contributed by atoms with Gasteiger partial charge in [-0.05, 0) is 37.3 Å². The Hall–Kier alpha value is -1.91. The Morgan fingerprint density at radius 1 is 1.27 bits per heavy atom. The first-order valence-corrected chi connectivity index (χ1v) is 8.18. The molecule has 1 N–H and O–H groups in total. The summed E-state index contributed by atoms with van der Waals surface area (Å²) in [5, 5.41) is 3.10. The van der Waals surface area contributed by atoms with Gasteiger partial charge in [0.05, 0.1) is 12.8 Å². The van der Waals surface area contributed by atoms with Crippen molar-refractivity contribution in [3.8, 4) is 5.75 Å². The van der Waals surface area contributed by atoms with Gasteiger partial charge in [0.25, 0.3) is 0 Å². The van der Waals surface area contributed by atoms with Crippen LogP contribution in [0, 0.1) is 5.92 Å². The van der Waals surface area contributed by atoms with Crippen molar-refractivity contribution in [2.24, 2.45) is 5.92 Å². The van der Waals surface area contributed by atoms with E-state index in [9.17, 15) is 4.79 Å². The van der Waals surface area contributed by atoms with Gasteiger partial charge in [-0.3, -0.25) is 0 Å². The maximum atomic E-state index is 12.0. The van der Waals surface area contributed by atoms with Crippen molar-refractivity contribution in [2.75, 3.05) is 44.7 Å². The summed E-state index contributed by atoms with van der Waals surface area (Å²) in [4.78, 5) is 16.3. The third-order valence-electron chi connectivity index (χ3n) is 4.65. The van der Waals surface area contributed by atoms with E-state index in [-0.39, 0.29) is 6.03 Å². The molecular formula is C17H25N3O2. The second kappa shape index (κ2) is 6.90. The summed E-state index contributed by atoms with van der Waals surface area (Å²) in [6.45, 7) is 4.57. The van der Waals surface area contributed by atoms with Crippen LogP contribution in [0.25, 0.3) is 0 Å². The topological polar surface area (TPSA) is 44.8 Å². The zero-order chi connectivity index (χ0) is 15.4. The monoisotopic (exact) mass is 303 g/mol. The standard InChI is InChI=1S/C17H25N3O2/c1-22-16-7-3-2-6-15(16)20-11-8-14(13-20)12-18-17(21)19-9-4-5-10-19/h2-3,6-7,14H,4-5,8-13H2,1H3,(H,18,21). The summed E-state index contributed by atoms with van der Waals surface area (Å²) < 4.78 is 5.44. The van der Waals surface area contributed by atoms with E-state index in [1.807, 2.05) is 23.1 Å². The fourth-order valence-electron chi connectivity index (χ4n) is 3.37. The van der Waals surface area contributed by atoms with E-state index in [2.05, 4.69) is 16.3 Å². The van der Waals surface area contributed by atoms with Gasteiger partial charge in [0.1, 0.15) is 5.75 Å². The van der Waals surface area contributed by atoms with Gasteiger partial charge in [0.15, 0.2) is 0 Å². The molecule has 120 valence electrons. The Bertz CT molecular complexity index is 514. The van der Waals surface area contributed by atoms with Gasteiger partial charge >= 0.3 is 6.03 Å². The molecule has 3 rings (SSSR count). The van der Waals surface area contributed by atoms with Crippen LogP contribution in [-0.4, -0.2) is 50.8 Å². The van der Waals surface area contributed by atoms with Crippen LogP contribution in [0.1, 0.15) is 19.3 Å². The van der Waals surface area contributed by atoms with Gasteiger partial charge in [-0.15, -0.1) is 0 Å². The Labute approximate surface area is 132 Å². The number of hydrogen-bond acceptors (Lipinski definition) is 3. The molecule has 0 saturated carbocycles. The minimum Gasteiger partial charge on any atom is -0.495 e. The molecule has 1 aromatic rings. The molecule has 2 fully saturated rings. The summed E-state index contributed by atoms with van der Waals surface area (Å²) in [6.07, 6.45) is 3.38. The summed E-state index contributed by atoms with van der Waals surface area (Å²) in [6, 6.07) is 8.24. The molecule has 22 heavy (non-hydrogen) atoms. The van der Waals surface area contributed by atoms with E-state index in [1.165, 1.54) is 0 Å². The SMILES string of the molecule is COc1ccccc1N1CCC(CNC(=O)N2CCCC2)C1. The molecule has 5 nitrogen and oxygen atoms in total. The molecule has 0 radical (unpaired) electrons. The van der Waals surface area contributed by atoms with E-state index in [0.29, 0.717) is 5.92 Å². The van der Waals surface area contributed by atoms with Crippen molar-refractivity contribution < 1.29 is 9.53 Å². The Morgan fingerprint density at radius 2 is 2.05 bits per heavy atom. The number of amides is 2. The Morgan fingerprint density at radius 3 is 2.82 bits per heavy atom. The van der Waals surface area contributed by atoms with E-state index in [0.717, 1.165) is 63.4 Å². The van der Waals surface area contributed by atoms with Crippen molar-refractivity contribution in [3.63, 3.8) is 0 Å². The summed E-state index contributed by atoms with van der Waals surface area (Å²) in [7, 11) is 1.71. The number of rotatable bonds is 4. The smallest absolute Gasteiger partial charge is 0.317 e. The molecule has 0 spiro atoms. The number of urea groups is 1. The Balaban J connectivity index is 1.50. The molecule has 5 heteroatoms. The average molecular weight is 303 g/mol. The third-order valence-corrected chi connectivity index (χ3v) is 4.65. The van der Waals surface area contributed by atoms with Gasteiger partial charge in [0.2, 0.25) is 0 Å². The highest BCUT2D eigenvalue weighted by molar-refractivity contribution is 5.74. The van der Waals surface area contributed by atoms with Gasteiger partial charge in [-0.1, -0.05) is 12.1 Å². The fourth-order valence-corrected chi connectivity index (χ4v) is 3.37. The van der Waals surface area contributed by atoms with Crippen molar-refractivity contribution >= 4 is 11.7 Å². The van der Waals surface area contributed by atoms with Crippen LogP contribution in [0.2, 0.25) is 0 Å². The van der Waals surface area contributed by atoms with E-state index >= 15 is 0 Å². The number of carbonyl (C=O) groups is 1. The van der Waals surface area contributed by atoms with Gasteiger partial charge in [-0.25, -0.2) is 4.79 Å². The number of anilines is 1. The van der Waals surface area contributed by atoms with Crippen LogP contribution in [0.3, 0.4) is 0 Å². The highest BCUT2D eigenvalue weighted by Gasteiger charge is 2.26. The average Bonchev–Trinajstić information content (AvgIpc) is 3.24. The van der Waals surface area contributed by atoms with Crippen LogP contribution < -0.4 is 15.0 Å². The molecule has 0 bridgehead atoms. The van der Waals surface area contributed by atoms with Crippen LogP contribution >= 0.6 is 0 Å². The molecule has 2 saturated heterocycles. The van der Waals surface area contributed by atoms with E-state index in [4.69, 9.17) is 4.74 Å². The first kappa shape index (κ1) is 15.0. The minimum absolute atomic E-state index is 0.105. The molecular weight excluding hydrogens is 278 g/mol. The van der Waals surface area contributed by atoms with Crippen LogP contribution in [0.15, 0.2) is 24.3 Å². The number of ether oxygens (including phenoxy) is 1. The highest BCUT2D eigenvalue weighted by Crippen LogP contribution is 2.31. The number of likely N-dealkylation sites (tertiary alicyclic amines) is 1. The second-order valence-electron chi connectivity index (χ2n) is 6.15. The lowest BCUT2D eigenvalue weighted by Gasteiger charge is -2.22. The lowest BCUT2D eigenvalue weighted by Crippen LogP contribution is -2.40. The quantitative estimate of drug-likeness (QED) is 0.928. The number of benzene rings is 1. The zero-order valence-electron chi connectivity index (χ0n) is 13.3. The molecule has 1 unspecified atom stereocenters. The minimum atomic E-state index is 0.105. The highest BCUT2D eigenvalue weighted by atomic mass is 16.5. The molecule has 2 heterocycles. The molecule has 2 amide bonds. The van der Waals surface area contributed by atoms with Gasteiger partial charge in [0, 0.05) is 32.7 Å². The molecule has 2 aliphatic heterocycles. The maximum absolute atomic E-state index is 12.0. The predicted octanol–water partition coefficient (Wildman–Crippen LogP) is 2.33. The lowest BCUT2D eigenvalue weighted by atomic mass is 10.1. The molecule has 0 aliphatic carbocycles. The first-order chi connectivity index (χ1) is 10.8. The molecule has 1 aromatic carbocycles. The number of nitrogens with one attached hydrogen (secondary N) is 1. The second-order valence-corrected chi connectivity index (χ2v) is 6.15. The van der Waals surface area contributed by atoms with Gasteiger partial charge < -0.3 is 19.9 Å². The van der Waals surface area contributed by atoms with Crippen molar-refractivity contribution in [2.45, 2.75) is 19.3 Å². The number of hydrogen-bond donors (Lipinski definition) is 1. The fraction of sp³-hybridized carbons (Fsp3) is 0.588. The summed E-state index contributed by atoms with van der Waals surface area (Å²) in [5.41, 5.74) is 1.15. The lowest BCUT2D eigenvalue weighted by molar-refractivity contribution is 0.207. The van der Waals surface area contributed by atoms with Crippen molar-refractivity contribution in [1.82, 2.24) is 10.2 Å². The van der Waals surface area contributed by atoms with Crippen molar-refractivity contribution in [1.29, 1.82) is 0 Å². The van der Waals surface area contributed by atoms with Crippen LogP contribution in [-0.2, 0) is 0 Å². The molecule has 1 atom stereocenters. The number of nitrogens with zero attached hydrogens (tertiary/aromatic N) is 2. The maximum Gasteiger partial charge on any atom is 0.317 e. The number of carbonyl (C=O) groups excluding carboxylic acids is 1. The number of para-hydroxylation sites is 2. The van der Waals surface area contributed by atoms with E-state index in [1.54, 1.807) is 7.11 Å². The largest absolute Gasteiger partial charge is 0.495 e. The third kappa shape index (κ3) is 3.29. The summed E-state index contributed by atoms with van der Waals surface area (Å²) in [5.74, 6) is 1.43.